The number of nitrogens with one attached hydrogen (secondary N) is 2. The maximum absolute atomic E-state index is 12.5. The molecule has 2 saturated carbocycles. The minimum Gasteiger partial charge on any atom is -0.352 e. The molecule has 0 bridgehead atoms. The molecule has 0 spiro atoms. The van der Waals surface area contributed by atoms with E-state index in [4.69, 9.17) is 0 Å². The third-order valence-electron chi connectivity index (χ3n) is 6.40. The van der Waals surface area contributed by atoms with Gasteiger partial charge in [0.1, 0.15) is 0 Å². The Morgan fingerprint density at radius 3 is 2.65 bits per heavy atom. The molecule has 3 fully saturated rings. The fraction of sp³-hybridized carbons (Fsp3) is 0.750. The smallest absolute Gasteiger partial charge is 0.264 e. The van der Waals surface area contributed by atoms with Crippen molar-refractivity contribution in [2.75, 3.05) is 13.1 Å². The average Bonchev–Trinajstić information content (AvgIpc) is 3.43. The first-order valence-corrected chi connectivity index (χ1v) is 10.3. The number of H-pyrrole nitrogens is 1. The lowest BCUT2D eigenvalue weighted by molar-refractivity contribution is -0.122. The Labute approximate surface area is 154 Å². The number of carbonyl (C=O) groups is 1. The van der Waals surface area contributed by atoms with Gasteiger partial charge in [0.2, 0.25) is 5.91 Å². The standard InChI is InChI=1S/C20H30N4O2/c25-19(10-8-15-9-11-20(26)23-22-15)21-18-13-24(12-17(18)14-6-7-14)16-4-2-1-3-5-16/h9,11,14,16-18H,1-8,10,12-13H2,(H,21,25)(H,23,26)/t17-,18+/m1/s1. The van der Waals surface area contributed by atoms with Crippen LogP contribution in [-0.2, 0) is 11.2 Å². The summed E-state index contributed by atoms with van der Waals surface area (Å²) in [5.74, 6) is 1.56. The number of rotatable bonds is 6. The molecule has 0 unspecified atom stereocenters. The van der Waals surface area contributed by atoms with Crippen LogP contribution in [0, 0.1) is 11.8 Å². The lowest BCUT2D eigenvalue weighted by Gasteiger charge is -2.31. The van der Waals surface area contributed by atoms with Crippen molar-refractivity contribution in [3.05, 3.63) is 28.2 Å². The molecule has 2 aliphatic carbocycles. The second-order valence-corrected chi connectivity index (χ2v) is 8.33. The first-order valence-electron chi connectivity index (χ1n) is 10.3. The van der Waals surface area contributed by atoms with Gasteiger partial charge in [0.15, 0.2) is 0 Å². The van der Waals surface area contributed by atoms with Crippen molar-refractivity contribution in [2.45, 2.75) is 69.9 Å². The highest BCUT2D eigenvalue weighted by atomic mass is 16.1. The fourth-order valence-electron chi connectivity index (χ4n) is 4.79. The Hall–Kier alpha value is -1.69. The van der Waals surface area contributed by atoms with Gasteiger partial charge in [-0.1, -0.05) is 19.3 Å². The minimum atomic E-state index is -0.209. The van der Waals surface area contributed by atoms with E-state index in [0.717, 1.165) is 24.2 Å². The van der Waals surface area contributed by atoms with Gasteiger partial charge in [-0.3, -0.25) is 14.5 Å². The highest BCUT2D eigenvalue weighted by Crippen LogP contribution is 2.42. The third-order valence-corrected chi connectivity index (χ3v) is 6.40. The van der Waals surface area contributed by atoms with Crippen LogP contribution in [0.1, 0.15) is 57.1 Å². The predicted octanol–water partition coefficient (Wildman–Crippen LogP) is 1.86. The topological polar surface area (TPSA) is 78.1 Å². The highest BCUT2D eigenvalue weighted by molar-refractivity contribution is 5.76. The molecular weight excluding hydrogens is 328 g/mol. The van der Waals surface area contributed by atoms with Gasteiger partial charge in [0.05, 0.1) is 5.69 Å². The van der Waals surface area contributed by atoms with Gasteiger partial charge in [0.25, 0.3) is 5.56 Å². The molecule has 4 rings (SSSR count). The Balaban J connectivity index is 1.30. The van der Waals surface area contributed by atoms with E-state index in [0.29, 0.717) is 24.8 Å². The third kappa shape index (κ3) is 4.34. The SMILES string of the molecule is O=C(CCc1ccc(=O)[nH]n1)N[C@H]1CN(C2CCCCC2)C[C@@H]1C1CC1. The predicted molar refractivity (Wildman–Crippen MR) is 99.8 cm³/mol. The van der Waals surface area contributed by atoms with Crippen LogP contribution in [0.2, 0.25) is 0 Å². The zero-order valence-electron chi connectivity index (χ0n) is 15.5. The summed E-state index contributed by atoms with van der Waals surface area (Å²) in [6.45, 7) is 2.19. The molecule has 2 atom stereocenters. The molecule has 26 heavy (non-hydrogen) atoms. The van der Waals surface area contributed by atoms with E-state index >= 15 is 0 Å². The van der Waals surface area contributed by atoms with E-state index in [1.807, 2.05) is 0 Å². The summed E-state index contributed by atoms with van der Waals surface area (Å²) in [5, 5.41) is 9.73. The highest BCUT2D eigenvalue weighted by Gasteiger charge is 2.44. The molecule has 1 saturated heterocycles. The van der Waals surface area contributed by atoms with Crippen molar-refractivity contribution in [2.24, 2.45) is 11.8 Å². The Bertz CT molecular complexity index is 658. The summed E-state index contributed by atoms with van der Waals surface area (Å²) in [6, 6.07) is 4.19. The Kier molecular flexibility index (Phi) is 5.38. The van der Waals surface area contributed by atoms with E-state index in [1.165, 1.54) is 57.6 Å². The maximum atomic E-state index is 12.5. The first kappa shape index (κ1) is 17.7. The second kappa shape index (κ2) is 7.91. The molecule has 1 aromatic heterocycles. The zero-order chi connectivity index (χ0) is 17.9. The quantitative estimate of drug-likeness (QED) is 0.814. The van der Waals surface area contributed by atoms with Crippen molar-refractivity contribution >= 4 is 5.91 Å². The van der Waals surface area contributed by atoms with Crippen LogP contribution in [0.15, 0.2) is 16.9 Å². The van der Waals surface area contributed by atoms with Crippen LogP contribution in [0.25, 0.3) is 0 Å². The summed E-state index contributed by atoms with van der Waals surface area (Å²) < 4.78 is 0. The minimum absolute atomic E-state index is 0.110. The van der Waals surface area contributed by atoms with Gasteiger partial charge in [0, 0.05) is 44.1 Å². The van der Waals surface area contributed by atoms with Gasteiger partial charge < -0.3 is 5.32 Å². The number of aromatic nitrogens is 2. The summed E-state index contributed by atoms with van der Waals surface area (Å²) >= 11 is 0. The number of likely N-dealkylation sites (tertiary alicyclic amines) is 1. The number of aromatic amines is 1. The lowest BCUT2D eigenvalue weighted by Crippen LogP contribution is -2.42. The van der Waals surface area contributed by atoms with E-state index < -0.39 is 0 Å². The van der Waals surface area contributed by atoms with Crippen molar-refractivity contribution in [3.63, 3.8) is 0 Å². The van der Waals surface area contributed by atoms with Crippen LogP contribution < -0.4 is 10.9 Å². The second-order valence-electron chi connectivity index (χ2n) is 8.33. The van der Waals surface area contributed by atoms with E-state index in [-0.39, 0.29) is 11.5 Å². The van der Waals surface area contributed by atoms with Gasteiger partial charge in [-0.05, 0) is 43.6 Å². The molecule has 1 aliphatic heterocycles. The summed E-state index contributed by atoms with van der Waals surface area (Å²) in [4.78, 5) is 26.2. The summed E-state index contributed by atoms with van der Waals surface area (Å²) in [7, 11) is 0. The van der Waals surface area contributed by atoms with Gasteiger partial charge in [-0.15, -0.1) is 0 Å². The molecular formula is C20H30N4O2. The lowest BCUT2D eigenvalue weighted by atomic mass is 9.94. The molecule has 3 aliphatic rings. The number of hydrogen-bond donors (Lipinski definition) is 2. The number of carbonyl (C=O) groups excluding carboxylic acids is 1. The molecule has 2 N–H and O–H groups in total. The van der Waals surface area contributed by atoms with Crippen LogP contribution in [-0.4, -0.2) is 46.2 Å². The van der Waals surface area contributed by atoms with Crippen molar-refractivity contribution in [3.8, 4) is 0 Å². The summed E-state index contributed by atoms with van der Waals surface area (Å²) in [5.41, 5.74) is 0.549. The van der Waals surface area contributed by atoms with E-state index in [9.17, 15) is 9.59 Å². The van der Waals surface area contributed by atoms with Gasteiger partial charge in [-0.2, -0.15) is 5.10 Å². The average molecular weight is 358 g/mol. The van der Waals surface area contributed by atoms with Crippen molar-refractivity contribution < 1.29 is 4.79 Å². The van der Waals surface area contributed by atoms with Crippen LogP contribution >= 0.6 is 0 Å². The normalized spacial score (nSPS) is 27.5. The fourth-order valence-corrected chi connectivity index (χ4v) is 4.79. The Morgan fingerprint density at radius 1 is 1.15 bits per heavy atom. The molecule has 6 heteroatoms. The van der Waals surface area contributed by atoms with Crippen molar-refractivity contribution in [1.29, 1.82) is 0 Å². The summed E-state index contributed by atoms with van der Waals surface area (Å²) in [6.07, 6.45) is 10.4. The number of nitrogens with zero attached hydrogens (tertiary/aromatic N) is 2. The van der Waals surface area contributed by atoms with Crippen LogP contribution in [0.4, 0.5) is 0 Å². The van der Waals surface area contributed by atoms with Gasteiger partial charge in [-0.25, -0.2) is 5.10 Å². The molecule has 0 aromatic carbocycles. The number of amides is 1. The monoisotopic (exact) mass is 358 g/mol. The first-order chi connectivity index (χ1) is 12.7. The zero-order valence-corrected chi connectivity index (χ0v) is 15.5. The number of aryl methyl sites for hydroxylation is 1. The molecule has 142 valence electrons. The Morgan fingerprint density at radius 2 is 1.96 bits per heavy atom. The maximum Gasteiger partial charge on any atom is 0.264 e. The molecule has 0 radical (unpaired) electrons. The van der Waals surface area contributed by atoms with Crippen LogP contribution in [0.3, 0.4) is 0 Å². The van der Waals surface area contributed by atoms with Crippen LogP contribution in [0.5, 0.6) is 0 Å². The van der Waals surface area contributed by atoms with E-state index in [1.54, 1.807) is 6.07 Å². The van der Waals surface area contributed by atoms with Gasteiger partial charge >= 0.3 is 0 Å². The molecule has 1 amide bonds. The molecule has 1 aromatic rings. The number of hydrogen-bond acceptors (Lipinski definition) is 4. The largest absolute Gasteiger partial charge is 0.352 e. The molecule has 2 heterocycles. The van der Waals surface area contributed by atoms with E-state index in [2.05, 4.69) is 20.4 Å². The molecule has 6 nitrogen and oxygen atoms in total. The van der Waals surface area contributed by atoms with Crippen molar-refractivity contribution in [1.82, 2.24) is 20.4 Å².